The Hall–Kier alpha value is -4.71. The molecule has 2 amide bonds. The fourth-order valence-electron chi connectivity index (χ4n) is 4.67. The highest BCUT2D eigenvalue weighted by Crippen LogP contribution is 2.25. The lowest BCUT2D eigenvalue weighted by Gasteiger charge is -2.16. The van der Waals surface area contributed by atoms with Crippen molar-refractivity contribution in [3.63, 3.8) is 0 Å². The van der Waals surface area contributed by atoms with E-state index in [1.54, 1.807) is 0 Å². The number of halogens is 3. The van der Waals surface area contributed by atoms with Gasteiger partial charge in [-0.1, -0.05) is 56.3 Å². The van der Waals surface area contributed by atoms with Gasteiger partial charge in [0.1, 0.15) is 12.1 Å². The van der Waals surface area contributed by atoms with Gasteiger partial charge in [0.25, 0.3) is 0 Å². The van der Waals surface area contributed by atoms with Crippen molar-refractivity contribution in [3.05, 3.63) is 106 Å². The van der Waals surface area contributed by atoms with Crippen LogP contribution in [0, 0.1) is 6.92 Å². The predicted molar refractivity (Wildman–Crippen MR) is 158 cm³/mol. The van der Waals surface area contributed by atoms with Crippen molar-refractivity contribution in [2.75, 3.05) is 0 Å². The minimum Gasteiger partial charge on any atom is -0.406 e. The quantitative estimate of drug-likeness (QED) is 0.201. The molecule has 1 unspecified atom stereocenters. The Labute approximate surface area is 250 Å². The number of carbonyl (C=O) groups is 1. The third kappa shape index (κ3) is 7.03. The molecule has 12 heteroatoms. The normalized spacial score (nSPS) is 12.7. The third-order valence-corrected chi connectivity index (χ3v) is 7.74. The first kappa shape index (κ1) is 29.8. The number of hydrogen-bond donors (Lipinski definition) is 1. The summed E-state index contributed by atoms with van der Waals surface area (Å²) in [4.78, 5) is 22.4. The fourth-order valence-corrected chi connectivity index (χ4v) is 5.53. The van der Waals surface area contributed by atoms with Crippen LogP contribution in [0.15, 0.2) is 89.5 Å². The van der Waals surface area contributed by atoms with Gasteiger partial charge in [-0.2, -0.15) is 4.99 Å². The summed E-state index contributed by atoms with van der Waals surface area (Å²) in [5.41, 5.74) is 5.37. The lowest BCUT2D eigenvalue weighted by atomic mass is 10.0. The molecule has 0 radical (unpaired) electrons. The van der Waals surface area contributed by atoms with Crippen LogP contribution >= 0.6 is 11.3 Å². The van der Waals surface area contributed by atoms with E-state index in [1.165, 1.54) is 52.2 Å². The van der Waals surface area contributed by atoms with E-state index in [0.29, 0.717) is 22.7 Å². The molecule has 0 aliphatic carbocycles. The second-order valence-electron chi connectivity index (χ2n) is 9.68. The molecule has 1 N–H and O–H groups in total. The molecule has 0 fully saturated rings. The van der Waals surface area contributed by atoms with Crippen LogP contribution in [0.2, 0.25) is 0 Å². The molecule has 222 valence electrons. The first-order valence-corrected chi connectivity index (χ1v) is 14.5. The molecule has 0 spiro atoms. The molecule has 1 atom stereocenters. The van der Waals surface area contributed by atoms with E-state index in [1.807, 2.05) is 66.3 Å². The number of aryl methyl sites for hydroxylation is 2. The minimum atomic E-state index is -4.75. The largest absolute Gasteiger partial charge is 0.573 e. The number of para-hydroxylation sites is 1. The van der Waals surface area contributed by atoms with Crippen molar-refractivity contribution in [3.8, 4) is 28.5 Å². The molecular weight excluding hydrogens is 577 g/mol. The van der Waals surface area contributed by atoms with Gasteiger partial charge in [-0.15, -0.1) is 29.6 Å². The van der Waals surface area contributed by atoms with Crippen LogP contribution in [0.4, 0.5) is 18.0 Å². The van der Waals surface area contributed by atoms with Crippen LogP contribution in [0.1, 0.15) is 43.1 Å². The third-order valence-electron chi connectivity index (χ3n) is 6.79. The maximum absolute atomic E-state index is 13.0. The summed E-state index contributed by atoms with van der Waals surface area (Å²) in [6, 6.07) is 20.3. The smallest absolute Gasteiger partial charge is 0.406 e. The Morgan fingerprint density at radius 2 is 1.77 bits per heavy atom. The number of amides is 2. The number of aromatic nitrogens is 4. The Morgan fingerprint density at radius 1 is 1.05 bits per heavy atom. The number of alkyl halides is 3. The minimum absolute atomic E-state index is 0.259. The van der Waals surface area contributed by atoms with E-state index >= 15 is 0 Å². The number of urea groups is 1. The lowest BCUT2D eigenvalue weighted by molar-refractivity contribution is -0.274. The van der Waals surface area contributed by atoms with Crippen molar-refractivity contribution in [1.82, 2.24) is 24.6 Å². The monoisotopic (exact) mass is 606 g/mol. The van der Waals surface area contributed by atoms with Gasteiger partial charge in [-0.05, 0) is 61.2 Å². The molecule has 2 aromatic heterocycles. The summed E-state index contributed by atoms with van der Waals surface area (Å²) >= 11 is 1.42. The molecule has 0 aliphatic heterocycles. The highest BCUT2D eigenvalue weighted by molar-refractivity contribution is 7.07. The molecule has 0 aliphatic rings. The summed E-state index contributed by atoms with van der Waals surface area (Å²) < 4.78 is 44.7. The molecule has 5 rings (SSSR count). The van der Waals surface area contributed by atoms with Crippen LogP contribution in [-0.2, 0) is 6.42 Å². The zero-order chi connectivity index (χ0) is 30.6. The molecule has 5 aromatic rings. The highest BCUT2D eigenvalue weighted by atomic mass is 32.1. The lowest BCUT2D eigenvalue weighted by Crippen LogP contribution is -2.28. The number of rotatable bonds is 8. The maximum Gasteiger partial charge on any atom is 0.573 e. The van der Waals surface area contributed by atoms with Crippen molar-refractivity contribution in [2.24, 2.45) is 4.99 Å². The highest BCUT2D eigenvalue weighted by Gasteiger charge is 2.31. The molecule has 0 saturated carbocycles. The van der Waals surface area contributed by atoms with Gasteiger partial charge in [-0.3, -0.25) is 4.57 Å². The van der Waals surface area contributed by atoms with Crippen molar-refractivity contribution < 1.29 is 22.7 Å². The molecule has 2 heterocycles. The zero-order valence-corrected chi connectivity index (χ0v) is 24.5. The molecule has 3 aromatic carbocycles. The number of thiazole rings is 1. The first-order chi connectivity index (χ1) is 20.6. The molecule has 43 heavy (non-hydrogen) atoms. The summed E-state index contributed by atoms with van der Waals surface area (Å²) in [5.74, 6) is 0.128. The number of nitrogens with one attached hydrogen (secondary N) is 1. The van der Waals surface area contributed by atoms with Crippen molar-refractivity contribution in [1.29, 1.82) is 0 Å². The van der Waals surface area contributed by atoms with Crippen LogP contribution in [-0.4, -0.2) is 31.7 Å². The summed E-state index contributed by atoms with van der Waals surface area (Å²) in [6.45, 7) is 6.08. The molecule has 8 nitrogen and oxygen atoms in total. The van der Waals surface area contributed by atoms with Gasteiger partial charge in [0.15, 0.2) is 10.6 Å². The van der Waals surface area contributed by atoms with Crippen LogP contribution in [0.25, 0.3) is 22.8 Å². The standard InChI is InChI=1S/C31H29F3N6O2S/c1-4-21-8-6-7-9-27(21)40-20(3)18-43-30(40)37-29(41)36-26(5-2)22-10-12-23(13-11-22)28-35-19-39(38-28)24-14-16-25(17-15-24)42-31(32,33)34/h6-19,26H,4-5H2,1-3H3,(H,36,41)/b37-30-. The summed E-state index contributed by atoms with van der Waals surface area (Å²) in [5, 5.41) is 9.46. The summed E-state index contributed by atoms with van der Waals surface area (Å²) in [6.07, 6.45) is -1.75. The zero-order valence-electron chi connectivity index (χ0n) is 23.7. The Balaban J connectivity index is 1.30. The van der Waals surface area contributed by atoms with E-state index in [-0.39, 0.29) is 11.8 Å². The van der Waals surface area contributed by atoms with Gasteiger partial charge in [-0.25, -0.2) is 14.5 Å². The summed E-state index contributed by atoms with van der Waals surface area (Å²) in [7, 11) is 0. The fraction of sp³-hybridized carbons (Fsp3) is 0.226. The molecule has 0 bridgehead atoms. The maximum atomic E-state index is 13.0. The molecule has 0 saturated heterocycles. The Morgan fingerprint density at radius 3 is 2.44 bits per heavy atom. The van der Waals surface area contributed by atoms with E-state index in [9.17, 15) is 18.0 Å². The predicted octanol–water partition coefficient (Wildman–Crippen LogP) is 7.32. The molecular formula is C31H29F3N6O2S. The second kappa shape index (κ2) is 12.7. The number of hydrogen-bond acceptors (Lipinski definition) is 5. The average molecular weight is 607 g/mol. The van der Waals surface area contributed by atoms with Gasteiger partial charge < -0.3 is 10.1 Å². The topological polar surface area (TPSA) is 86.3 Å². The Kier molecular flexibility index (Phi) is 8.76. The van der Waals surface area contributed by atoms with E-state index in [0.717, 1.165) is 28.9 Å². The first-order valence-electron chi connectivity index (χ1n) is 13.6. The van der Waals surface area contributed by atoms with Gasteiger partial charge in [0, 0.05) is 16.6 Å². The van der Waals surface area contributed by atoms with Gasteiger partial charge in [0.2, 0.25) is 0 Å². The van der Waals surface area contributed by atoms with E-state index < -0.39 is 12.4 Å². The van der Waals surface area contributed by atoms with Crippen molar-refractivity contribution >= 4 is 17.4 Å². The number of nitrogens with zero attached hydrogens (tertiary/aromatic N) is 5. The van der Waals surface area contributed by atoms with E-state index in [4.69, 9.17) is 0 Å². The van der Waals surface area contributed by atoms with Crippen LogP contribution < -0.4 is 14.9 Å². The Bertz CT molecular complexity index is 1770. The number of carbonyl (C=O) groups excluding carboxylic acids is 1. The number of benzene rings is 3. The number of ether oxygens (including phenoxy) is 1. The van der Waals surface area contributed by atoms with Crippen LogP contribution in [0.5, 0.6) is 5.75 Å². The van der Waals surface area contributed by atoms with Gasteiger partial charge >= 0.3 is 12.4 Å². The van der Waals surface area contributed by atoms with Gasteiger partial charge in [0.05, 0.1) is 17.4 Å². The van der Waals surface area contributed by atoms with Crippen molar-refractivity contribution in [2.45, 2.75) is 46.0 Å². The SMILES string of the molecule is CCc1ccccc1-n1c(C)cs/c1=N\C(=O)NC(CC)c1ccc(-c2ncn(-c3ccc(OC(F)(F)F)cc3)n2)cc1. The second-order valence-corrected chi connectivity index (χ2v) is 10.5. The van der Waals surface area contributed by atoms with E-state index in [2.05, 4.69) is 38.1 Å². The average Bonchev–Trinajstić information content (AvgIpc) is 3.62. The van der Waals surface area contributed by atoms with Crippen LogP contribution in [0.3, 0.4) is 0 Å².